The van der Waals surface area contributed by atoms with Crippen LogP contribution in [0.1, 0.15) is 46.3 Å². The van der Waals surface area contributed by atoms with E-state index >= 15 is 0 Å². The van der Waals surface area contributed by atoms with E-state index in [4.69, 9.17) is 14.2 Å². The van der Waals surface area contributed by atoms with Crippen LogP contribution >= 0.6 is 0 Å². The molecule has 1 N–H and O–H groups in total. The standard InChI is InChI=1S/C28H41N3O4/c1-20-21(2)27(35-14-8-12-30(3)4)11-10-22(20)18-31-13-7-9-24(19-31)29-28(32)23-15-25(33-5)17-26(16-23)34-6/h10-11,15-17,24H,7-9,12-14,18-19H2,1-6H3,(H,29,32)/t24-/m1/s1. The predicted octanol–water partition coefficient (Wildman–Crippen LogP) is 4.05. The minimum atomic E-state index is -0.100. The van der Waals surface area contributed by atoms with Crippen molar-refractivity contribution in [2.75, 3.05) is 54.6 Å². The number of hydrogen-bond acceptors (Lipinski definition) is 6. The maximum Gasteiger partial charge on any atom is 0.251 e. The first-order valence-corrected chi connectivity index (χ1v) is 12.4. The van der Waals surface area contributed by atoms with Crippen LogP contribution in [-0.2, 0) is 6.54 Å². The Morgan fingerprint density at radius 1 is 1.09 bits per heavy atom. The van der Waals surface area contributed by atoms with E-state index in [1.807, 2.05) is 0 Å². The van der Waals surface area contributed by atoms with E-state index in [1.165, 1.54) is 16.7 Å². The van der Waals surface area contributed by atoms with Gasteiger partial charge in [-0.1, -0.05) is 6.07 Å². The zero-order chi connectivity index (χ0) is 25.4. The largest absolute Gasteiger partial charge is 0.497 e. The lowest BCUT2D eigenvalue weighted by Crippen LogP contribution is -2.47. The van der Waals surface area contributed by atoms with Gasteiger partial charge < -0.3 is 24.4 Å². The van der Waals surface area contributed by atoms with Crippen molar-refractivity contribution in [3.63, 3.8) is 0 Å². The highest BCUT2D eigenvalue weighted by Crippen LogP contribution is 2.27. The van der Waals surface area contributed by atoms with Crippen LogP contribution in [0.15, 0.2) is 30.3 Å². The second kappa shape index (κ2) is 12.8. The Kier molecular flexibility index (Phi) is 9.81. The van der Waals surface area contributed by atoms with Crippen molar-refractivity contribution in [3.8, 4) is 17.2 Å². The SMILES string of the molecule is COc1cc(OC)cc(C(=O)N[C@@H]2CCCN(Cc3ccc(OCCCN(C)C)c(C)c3C)C2)c1. The third kappa shape index (κ3) is 7.61. The molecule has 0 unspecified atom stereocenters. The molecule has 1 saturated heterocycles. The number of benzene rings is 2. The molecule has 1 atom stereocenters. The van der Waals surface area contributed by atoms with Crippen molar-refractivity contribution in [1.82, 2.24) is 15.1 Å². The molecule has 7 nitrogen and oxygen atoms in total. The number of likely N-dealkylation sites (tertiary alicyclic amines) is 1. The minimum Gasteiger partial charge on any atom is -0.497 e. The van der Waals surface area contributed by atoms with Gasteiger partial charge in [0.1, 0.15) is 17.2 Å². The summed E-state index contributed by atoms with van der Waals surface area (Å²) < 4.78 is 16.7. The number of nitrogens with zero attached hydrogens (tertiary/aromatic N) is 2. The fourth-order valence-corrected chi connectivity index (χ4v) is 4.51. The summed E-state index contributed by atoms with van der Waals surface area (Å²) in [6.07, 6.45) is 3.04. The summed E-state index contributed by atoms with van der Waals surface area (Å²) in [6.45, 7) is 8.79. The molecule has 1 amide bonds. The molecule has 1 aliphatic rings. The smallest absolute Gasteiger partial charge is 0.251 e. The maximum atomic E-state index is 12.9. The zero-order valence-electron chi connectivity index (χ0n) is 22.1. The average molecular weight is 484 g/mol. The fraction of sp³-hybridized carbons (Fsp3) is 0.536. The molecule has 7 heteroatoms. The highest BCUT2D eigenvalue weighted by molar-refractivity contribution is 5.95. The number of amides is 1. The molecule has 1 heterocycles. The first kappa shape index (κ1) is 26.8. The van der Waals surface area contributed by atoms with Gasteiger partial charge in [0, 0.05) is 37.3 Å². The lowest BCUT2D eigenvalue weighted by molar-refractivity contribution is 0.0900. The molecule has 192 valence electrons. The second-order valence-electron chi connectivity index (χ2n) is 9.63. The quantitative estimate of drug-likeness (QED) is 0.487. The zero-order valence-corrected chi connectivity index (χ0v) is 22.1. The van der Waals surface area contributed by atoms with E-state index in [0.717, 1.165) is 57.8 Å². The summed E-state index contributed by atoms with van der Waals surface area (Å²) in [5.74, 6) is 2.09. The molecule has 2 aromatic rings. The highest BCUT2D eigenvalue weighted by atomic mass is 16.5. The van der Waals surface area contributed by atoms with Crippen molar-refractivity contribution in [1.29, 1.82) is 0 Å². The van der Waals surface area contributed by atoms with Gasteiger partial charge in [-0.05, 0) is 88.6 Å². The Morgan fingerprint density at radius 2 is 1.80 bits per heavy atom. The summed E-state index contributed by atoms with van der Waals surface area (Å²) in [7, 11) is 7.33. The highest BCUT2D eigenvalue weighted by Gasteiger charge is 2.23. The number of piperidine rings is 1. The van der Waals surface area contributed by atoms with Gasteiger partial charge in [-0.3, -0.25) is 9.69 Å². The van der Waals surface area contributed by atoms with E-state index in [9.17, 15) is 4.79 Å². The maximum absolute atomic E-state index is 12.9. The van der Waals surface area contributed by atoms with Crippen LogP contribution in [-0.4, -0.2) is 76.3 Å². The van der Waals surface area contributed by atoms with Crippen molar-refractivity contribution >= 4 is 5.91 Å². The molecular weight excluding hydrogens is 442 g/mol. The van der Waals surface area contributed by atoms with Crippen molar-refractivity contribution in [3.05, 3.63) is 52.6 Å². The summed E-state index contributed by atoms with van der Waals surface area (Å²) in [5.41, 5.74) is 4.35. The molecule has 0 spiro atoms. The summed E-state index contributed by atoms with van der Waals surface area (Å²) in [6, 6.07) is 9.66. The molecule has 0 aromatic heterocycles. The van der Waals surface area contributed by atoms with Gasteiger partial charge in [0.2, 0.25) is 0 Å². The average Bonchev–Trinajstić information content (AvgIpc) is 2.85. The van der Waals surface area contributed by atoms with Gasteiger partial charge >= 0.3 is 0 Å². The van der Waals surface area contributed by atoms with E-state index in [2.05, 4.69) is 55.2 Å². The number of carbonyl (C=O) groups excluding carboxylic acids is 1. The first-order valence-electron chi connectivity index (χ1n) is 12.4. The van der Waals surface area contributed by atoms with Crippen molar-refractivity contribution in [2.45, 2.75) is 45.7 Å². The molecule has 35 heavy (non-hydrogen) atoms. The number of ether oxygens (including phenoxy) is 3. The molecular formula is C28H41N3O4. The monoisotopic (exact) mass is 483 g/mol. The molecule has 1 fully saturated rings. The Hall–Kier alpha value is -2.77. The number of nitrogens with one attached hydrogen (secondary N) is 1. The number of carbonyl (C=O) groups is 1. The molecule has 0 bridgehead atoms. The van der Waals surface area contributed by atoms with Gasteiger partial charge in [-0.2, -0.15) is 0 Å². The van der Waals surface area contributed by atoms with Crippen LogP contribution in [0.2, 0.25) is 0 Å². The van der Waals surface area contributed by atoms with Crippen LogP contribution in [0, 0.1) is 13.8 Å². The van der Waals surface area contributed by atoms with E-state index in [-0.39, 0.29) is 11.9 Å². The minimum absolute atomic E-state index is 0.100. The molecule has 0 radical (unpaired) electrons. The summed E-state index contributed by atoms with van der Waals surface area (Å²) in [4.78, 5) is 17.5. The number of hydrogen-bond donors (Lipinski definition) is 1. The van der Waals surface area contributed by atoms with Gasteiger partial charge in [0.15, 0.2) is 0 Å². The fourth-order valence-electron chi connectivity index (χ4n) is 4.51. The Bertz CT molecular complexity index is 970. The van der Waals surface area contributed by atoms with Crippen LogP contribution in [0.4, 0.5) is 0 Å². The number of methoxy groups -OCH3 is 2. The second-order valence-corrected chi connectivity index (χ2v) is 9.63. The van der Waals surface area contributed by atoms with Crippen LogP contribution in [0.25, 0.3) is 0 Å². The first-order chi connectivity index (χ1) is 16.8. The van der Waals surface area contributed by atoms with Gasteiger partial charge in [0.25, 0.3) is 5.91 Å². The van der Waals surface area contributed by atoms with E-state index in [1.54, 1.807) is 32.4 Å². The third-order valence-electron chi connectivity index (χ3n) is 6.71. The Morgan fingerprint density at radius 3 is 2.46 bits per heavy atom. The molecule has 0 aliphatic carbocycles. The van der Waals surface area contributed by atoms with E-state index < -0.39 is 0 Å². The van der Waals surface area contributed by atoms with Crippen LogP contribution in [0.3, 0.4) is 0 Å². The van der Waals surface area contributed by atoms with Crippen LogP contribution in [0.5, 0.6) is 17.2 Å². The molecule has 2 aromatic carbocycles. The predicted molar refractivity (Wildman–Crippen MR) is 140 cm³/mol. The molecule has 3 rings (SSSR count). The normalized spacial score (nSPS) is 16.3. The van der Waals surface area contributed by atoms with Crippen molar-refractivity contribution < 1.29 is 19.0 Å². The van der Waals surface area contributed by atoms with Gasteiger partial charge in [0.05, 0.1) is 20.8 Å². The third-order valence-corrected chi connectivity index (χ3v) is 6.71. The lowest BCUT2D eigenvalue weighted by atomic mass is 9.99. The Labute approximate surface area is 210 Å². The molecule has 1 aliphatic heterocycles. The summed E-state index contributed by atoms with van der Waals surface area (Å²) in [5, 5.41) is 3.21. The van der Waals surface area contributed by atoms with E-state index in [0.29, 0.717) is 17.1 Å². The van der Waals surface area contributed by atoms with Crippen LogP contribution < -0.4 is 19.5 Å². The lowest BCUT2D eigenvalue weighted by Gasteiger charge is -2.33. The van der Waals surface area contributed by atoms with Crippen molar-refractivity contribution in [2.24, 2.45) is 0 Å². The summed E-state index contributed by atoms with van der Waals surface area (Å²) >= 11 is 0. The topological polar surface area (TPSA) is 63.3 Å². The van der Waals surface area contributed by atoms with Gasteiger partial charge in [-0.25, -0.2) is 0 Å². The Balaban J connectivity index is 1.58. The molecule has 0 saturated carbocycles. The van der Waals surface area contributed by atoms with Gasteiger partial charge in [-0.15, -0.1) is 0 Å². The number of rotatable bonds is 11.